The molecule has 17 heavy (non-hydrogen) atoms. The maximum absolute atomic E-state index is 9.39. The Hall–Kier alpha value is -0.570. The first-order valence-electron chi connectivity index (χ1n) is 6.22. The van der Waals surface area contributed by atoms with Crippen LogP contribution in [0, 0.1) is 0 Å². The quantitative estimate of drug-likeness (QED) is 0.720. The number of halogens is 1. The molecule has 0 fully saturated rings. The van der Waals surface area contributed by atoms with E-state index in [1.807, 2.05) is 24.3 Å². The Labute approximate surface area is 109 Å². The summed E-state index contributed by atoms with van der Waals surface area (Å²) in [6.45, 7) is 3.73. The average Bonchev–Trinajstić information content (AvgIpc) is 2.35. The highest BCUT2D eigenvalue weighted by atomic mass is 35.5. The number of hydrogen-bond acceptors (Lipinski definition) is 2. The molecule has 0 aliphatic carbocycles. The minimum Gasteiger partial charge on any atom is -0.396 e. The summed E-state index contributed by atoms with van der Waals surface area (Å²) in [6, 6.07) is 7.67. The first-order chi connectivity index (χ1) is 8.29. The van der Waals surface area contributed by atoms with E-state index in [9.17, 15) is 5.11 Å². The van der Waals surface area contributed by atoms with E-state index >= 15 is 0 Å². The molecular weight excluding hydrogens is 236 g/mol. The van der Waals surface area contributed by atoms with Crippen LogP contribution in [0.5, 0.6) is 0 Å². The van der Waals surface area contributed by atoms with E-state index in [-0.39, 0.29) is 12.5 Å². The van der Waals surface area contributed by atoms with Crippen LogP contribution >= 0.6 is 11.6 Å². The minimum atomic E-state index is 0.0744. The van der Waals surface area contributed by atoms with Gasteiger partial charge in [0, 0.05) is 24.2 Å². The van der Waals surface area contributed by atoms with Gasteiger partial charge in [-0.15, -0.1) is 0 Å². The van der Waals surface area contributed by atoms with Gasteiger partial charge in [0.05, 0.1) is 6.61 Å². The van der Waals surface area contributed by atoms with E-state index in [1.54, 1.807) is 0 Å². The van der Waals surface area contributed by atoms with Crippen LogP contribution < -0.4 is 0 Å². The number of benzene rings is 1. The Morgan fingerprint density at radius 3 is 2.71 bits per heavy atom. The maximum atomic E-state index is 9.39. The summed E-state index contributed by atoms with van der Waals surface area (Å²) in [6.07, 6.45) is 3.05. The molecule has 1 unspecified atom stereocenters. The van der Waals surface area contributed by atoms with Crippen molar-refractivity contribution in [2.45, 2.75) is 32.1 Å². The fraction of sp³-hybridized carbons (Fsp3) is 0.571. The third-order valence-corrected chi connectivity index (χ3v) is 3.16. The summed E-state index contributed by atoms with van der Waals surface area (Å²) in [5.41, 5.74) is 1.01. The van der Waals surface area contributed by atoms with Gasteiger partial charge in [0.25, 0.3) is 0 Å². The van der Waals surface area contributed by atoms with Crippen molar-refractivity contribution in [3.8, 4) is 0 Å². The van der Waals surface area contributed by atoms with Crippen molar-refractivity contribution in [2.75, 3.05) is 19.8 Å². The minimum absolute atomic E-state index is 0.0744. The van der Waals surface area contributed by atoms with Crippen LogP contribution in [0.2, 0.25) is 5.02 Å². The summed E-state index contributed by atoms with van der Waals surface area (Å²) >= 11 is 6.11. The number of unbranched alkanes of at least 4 members (excludes halogenated alkanes) is 1. The Morgan fingerprint density at radius 1 is 1.29 bits per heavy atom. The molecule has 0 spiro atoms. The Morgan fingerprint density at radius 2 is 2.06 bits per heavy atom. The molecule has 0 amide bonds. The molecule has 1 atom stereocenters. The predicted molar refractivity (Wildman–Crippen MR) is 71.6 cm³/mol. The second-order valence-corrected chi connectivity index (χ2v) is 4.56. The number of rotatable bonds is 8. The van der Waals surface area contributed by atoms with E-state index < -0.39 is 0 Å². The highest BCUT2D eigenvalue weighted by Gasteiger charge is 2.13. The molecule has 3 heteroatoms. The molecule has 0 aliphatic heterocycles. The molecule has 0 radical (unpaired) electrons. The fourth-order valence-corrected chi connectivity index (χ4v) is 2.02. The number of aliphatic hydroxyl groups is 1. The second-order valence-electron chi connectivity index (χ2n) is 4.16. The Bertz CT molecular complexity index is 315. The van der Waals surface area contributed by atoms with Crippen LogP contribution in [0.4, 0.5) is 0 Å². The van der Waals surface area contributed by atoms with Gasteiger partial charge in [-0.2, -0.15) is 0 Å². The molecule has 0 saturated heterocycles. The predicted octanol–water partition coefficient (Wildman–Crippen LogP) is 3.62. The first-order valence-corrected chi connectivity index (χ1v) is 6.60. The summed E-state index contributed by atoms with van der Waals surface area (Å²) < 4.78 is 5.51. The molecule has 0 aromatic heterocycles. The molecule has 1 aromatic carbocycles. The number of hydrogen-bond donors (Lipinski definition) is 1. The zero-order chi connectivity index (χ0) is 12.5. The zero-order valence-electron chi connectivity index (χ0n) is 10.4. The molecule has 1 N–H and O–H groups in total. The number of aliphatic hydroxyl groups excluding tert-OH is 1. The molecular formula is C14H21ClO2. The van der Waals surface area contributed by atoms with Gasteiger partial charge < -0.3 is 9.84 Å². The van der Waals surface area contributed by atoms with E-state index in [0.717, 1.165) is 36.5 Å². The summed E-state index contributed by atoms with van der Waals surface area (Å²) in [5.74, 6) is 0.0744. The van der Waals surface area contributed by atoms with Crippen LogP contribution in [-0.4, -0.2) is 24.9 Å². The average molecular weight is 257 g/mol. The normalized spacial score (nSPS) is 12.6. The molecule has 0 aliphatic rings. The molecule has 2 nitrogen and oxygen atoms in total. The van der Waals surface area contributed by atoms with Crippen molar-refractivity contribution in [2.24, 2.45) is 0 Å². The Balaban J connectivity index is 2.41. The van der Waals surface area contributed by atoms with Gasteiger partial charge >= 0.3 is 0 Å². The van der Waals surface area contributed by atoms with Gasteiger partial charge in [0.15, 0.2) is 0 Å². The van der Waals surface area contributed by atoms with E-state index in [2.05, 4.69) is 6.92 Å². The second kappa shape index (κ2) is 8.51. The SMILES string of the molecule is CCCCOCCC(CO)c1ccccc1Cl. The van der Waals surface area contributed by atoms with E-state index in [4.69, 9.17) is 16.3 Å². The largest absolute Gasteiger partial charge is 0.396 e. The summed E-state index contributed by atoms with van der Waals surface area (Å²) in [7, 11) is 0. The van der Waals surface area contributed by atoms with Crippen molar-refractivity contribution < 1.29 is 9.84 Å². The molecule has 1 rings (SSSR count). The van der Waals surface area contributed by atoms with Crippen LogP contribution in [-0.2, 0) is 4.74 Å². The van der Waals surface area contributed by atoms with E-state index in [1.165, 1.54) is 0 Å². The van der Waals surface area contributed by atoms with Crippen molar-refractivity contribution in [3.05, 3.63) is 34.9 Å². The third kappa shape index (κ3) is 5.07. The Kier molecular flexibility index (Phi) is 7.25. The van der Waals surface area contributed by atoms with E-state index in [0.29, 0.717) is 6.61 Å². The van der Waals surface area contributed by atoms with Gasteiger partial charge in [0.1, 0.15) is 0 Å². The van der Waals surface area contributed by atoms with Crippen LogP contribution in [0.1, 0.15) is 37.7 Å². The summed E-state index contributed by atoms with van der Waals surface area (Å²) in [4.78, 5) is 0. The lowest BCUT2D eigenvalue weighted by Crippen LogP contribution is -2.09. The van der Waals surface area contributed by atoms with Crippen molar-refractivity contribution in [1.82, 2.24) is 0 Å². The lowest BCUT2D eigenvalue weighted by atomic mass is 9.97. The molecule has 0 saturated carbocycles. The smallest absolute Gasteiger partial charge is 0.0501 e. The highest BCUT2D eigenvalue weighted by molar-refractivity contribution is 6.31. The fourth-order valence-electron chi connectivity index (χ4n) is 1.73. The molecule has 1 aromatic rings. The lowest BCUT2D eigenvalue weighted by molar-refractivity contribution is 0.116. The lowest BCUT2D eigenvalue weighted by Gasteiger charge is -2.16. The van der Waals surface area contributed by atoms with Crippen LogP contribution in [0.25, 0.3) is 0 Å². The summed E-state index contributed by atoms with van der Waals surface area (Å²) in [5, 5.41) is 10.1. The van der Waals surface area contributed by atoms with Gasteiger partial charge in [-0.05, 0) is 24.5 Å². The molecule has 0 heterocycles. The standard InChI is InChI=1S/C14H21ClO2/c1-2-3-9-17-10-8-12(11-16)13-6-4-5-7-14(13)15/h4-7,12,16H,2-3,8-11H2,1H3. The van der Waals surface area contributed by atoms with Crippen molar-refractivity contribution in [3.63, 3.8) is 0 Å². The van der Waals surface area contributed by atoms with Crippen molar-refractivity contribution >= 4 is 11.6 Å². The zero-order valence-corrected chi connectivity index (χ0v) is 11.1. The number of ether oxygens (including phenoxy) is 1. The van der Waals surface area contributed by atoms with Gasteiger partial charge in [-0.3, -0.25) is 0 Å². The van der Waals surface area contributed by atoms with Crippen LogP contribution in [0.3, 0.4) is 0 Å². The maximum Gasteiger partial charge on any atom is 0.0501 e. The topological polar surface area (TPSA) is 29.5 Å². The molecule has 0 bridgehead atoms. The van der Waals surface area contributed by atoms with Gasteiger partial charge in [-0.25, -0.2) is 0 Å². The van der Waals surface area contributed by atoms with Crippen molar-refractivity contribution in [1.29, 1.82) is 0 Å². The first kappa shape index (κ1) is 14.5. The third-order valence-electron chi connectivity index (χ3n) is 2.82. The van der Waals surface area contributed by atoms with Gasteiger partial charge in [-0.1, -0.05) is 43.1 Å². The van der Waals surface area contributed by atoms with Crippen LogP contribution in [0.15, 0.2) is 24.3 Å². The molecule has 96 valence electrons. The van der Waals surface area contributed by atoms with Gasteiger partial charge in [0.2, 0.25) is 0 Å². The highest BCUT2D eigenvalue weighted by Crippen LogP contribution is 2.26. The monoisotopic (exact) mass is 256 g/mol.